The number of H-pyrrole nitrogens is 1. The molecule has 9 heteroatoms. The van der Waals surface area contributed by atoms with Gasteiger partial charge in [0.2, 0.25) is 0 Å². The molecule has 0 radical (unpaired) electrons. The largest absolute Gasteiger partial charge is 0.488 e. The number of carboxylic acids is 1. The van der Waals surface area contributed by atoms with Crippen LogP contribution in [0.5, 0.6) is 5.75 Å². The molecule has 0 spiro atoms. The van der Waals surface area contributed by atoms with Crippen molar-refractivity contribution in [1.29, 1.82) is 0 Å². The van der Waals surface area contributed by atoms with Crippen LogP contribution in [0.1, 0.15) is 21.5 Å². The summed E-state index contributed by atoms with van der Waals surface area (Å²) in [6.07, 6.45) is 2.15. The zero-order valence-electron chi connectivity index (χ0n) is 19.8. The molecule has 1 aliphatic rings. The van der Waals surface area contributed by atoms with Crippen LogP contribution < -0.4 is 10.1 Å². The van der Waals surface area contributed by atoms with Crippen molar-refractivity contribution in [3.05, 3.63) is 99.7 Å². The summed E-state index contributed by atoms with van der Waals surface area (Å²) in [6, 6.07) is 19.3. The lowest BCUT2D eigenvalue weighted by atomic mass is 10.0. The first-order chi connectivity index (χ1) is 17.9. The van der Waals surface area contributed by atoms with Crippen molar-refractivity contribution >= 4 is 46.0 Å². The van der Waals surface area contributed by atoms with E-state index in [4.69, 9.17) is 27.9 Å². The van der Waals surface area contributed by atoms with Gasteiger partial charge in [0.15, 0.2) is 0 Å². The molecule has 3 N–H and O–H groups in total. The van der Waals surface area contributed by atoms with Gasteiger partial charge in [-0.1, -0.05) is 47.5 Å². The molecule has 4 aromatic rings. The Morgan fingerprint density at radius 1 is 1.03 bits per heavy atom. The molecule has 7 nitrogen and oxygen atoms in total. The number of hydrogen-bond acceptors (Lipinski definition) is 4. The quantitative estimate of drug-likeness (QED) is 0.274. The second-order valence-corrected chi connectivity index (χ2v) is 9.96. The standard InChI is InChI=1S/C28H25Cl2N3O4/c29-22-2-1-3-23(30)26(22)27(34)32-25(28(35)36)13-17-4-7-20(8-5-17)37-21-15-33(16-21)14-18-6-9-24-19(12-18)10-11-31-24/h1-12,21,25,31H,13-16H2,(H,32,34)(H,35,36)/t25-/m0/s1. The maximum absolute atomic E-state index is 12.6. The number of rotatable bonds is 9. The van der Waals surface area contributed by atoms with Gasteiger partial charge < -0.3 is 20.1 Å². The van der Waals surface area contributed by atoms with Crippen molar-refractivity contribution < 1.29 is 19.4 Å². The summed E-state index contributed by atoms with van der Waals surface area (Å²) in [5.74, 6) is -1.06. The van der Waals surface area contributed by atoms with Crippen LogP contribution in [0.15, 0.2) is 72.9 Å². The van der Waals surface area contributed by atoms with Gasteiger partial charge in [-0.05, 0) is 59.0 Å². The molecule has 0 saturated carbocycles. The number of carbonyl (C=O) groups excluding carboxylic acids is 1. The molecule has 3 aromatic carbocycles. The number of nitrogens with zero attached hydrogens (tertiary/aromatic N) is 1. The first-order valence-corrected chi connectivity index (χ1v) is 12.6. The number of amides is 1. The van der Waals surface area contributed by atoms with Crippen LogP contribution in [-0.4, -0.2) is 52.1 Å². The van der Waals surface area contributed by atoms with Gasteiger partial charge in [0.25, 0.3) is 5.91 Å². The van der Waals surface area contributed by atoms with Crippen LogP contribution in [0, 0.1) is 0 Å². The monoisotopic (exact) mass is 537 g/mol. The lowest BCUT2D eigenvalue weighted by molar-refractivity contribution is -0.139. The number of fused-ring (bicyclic) bond motifs is 1. The SMILES string of the molecule is O=C(N[C@@H](Cc1ccc(OC2CN(Cc3ccc4[nH]ccc4c3)C2)cc1)C(=O)O)c1c(Cl)cccc1Cl. The van der Waals surface area contributed by atoms with E-state index >= 15 is 0 Å². The molecule has 5 rings (SSSR count). The Bertz CT molecular complexity index is 1410. The minimum absolute atomic E-state index is 0.0559. The molecule has 0 unspecified atom stereocenters. The van der Waals surface area contributed by atoms with Crippen molar-refractivity contribution in [3.8, 4) is 5.75 Å². The number of ether oxygens (including phenoxy) is 1. The van der Waals surface area contributed by atoms with Crippen LogP contribution in [0.25, 0.3) is 10.9 Å². The molecular formula is C28H25Cl2N3O4. The van der Waals surface area contributed by atoms with Gasteiger partial charge in [0.1, 0.15) is 17.9 Å². The predicted molar refractivity (Wildman–Crippen MR) is 143 cm³/mol. The molecule has 1 amide bonds. The molecule has 1 atom stereocenters. The number of likely N-dealkylation sites (tertiary alicyclic amines) is 1. The maximum atomic E-state index is 12.6. The zero-order valence-corrected chi connectivity index (χ0v) is 21.3. The summed E-state index contributed by atoms with van der Waals surface area (Å²) >= 11 is 12.2. The number of aromatic amines is 1. The molecular weight excluding hydrogens is 513 g/mol. The molecule has 0 bridgehead atoms. The zero-order chi connectivity index (χ0) is 25.9. The highest BCUT2D eigenvalue weighted by Gasteiger charge is 2.28. The van der Waals surface area contributed by atoms with Crippen LogP contribution in [0.3, 0.4) is 0 Å². The second-order valence-electron chi connectivity index (χ2n) is 9.14. The van der Waals surface area contributed by atoms with Crippen molar-refractivity contribution in [2.45, 2.75) is 25.1 Å². The summed E-state index contributed by atoms with van der Waals surface area (Å²) in [5, 5.41) is 13.7. The van der Waals surface area contributed by atoms with E-state index in [-0.39, 0.29) is 28.1 Å². The Kier molecular flexibility index (Phi) is 7.37. The normalized spacial score (nSPS) is 14.8. The number of carboxylic acid groups (broad SMARTS) is 1. The topological polar surface area (TPSA) is 94.7 Å². The lowest BCUT2D eigenvalue weighted by Crippen LogP contribution is -2.53. The van der Waals surface area contributed by atoms with Crippen LogP contribution in [0.4, 0.5) is 0 Å². The molecule has 1 aliphatic heterocycles. The average molecular weight is 538 g/mol. The molecule has 0 aliphatic carbocycles. The van der Waals surface area contributed by atoms with Gasteiger partial charge in [-0.2, -0.15) is 0 Å². The lowest BCUT2D eigenvalue weighted by Gasteiger charge is -2.39. The summed E-state index contributed by atoms with van der Waals surface area (Å²) in [6.45, 7) is 2.55. The smallest absolute Gasteiger partial charge is 0.326 e. The summed E-state index contributed by atoms with van der Waals surface area (Å²) in [4.78, 5) is 30.0. The fraction of sp³-hybridized carbons (Fsp3) is 0.214. The molecule has 2 heterocycles. The van der Waals surface area contributed by atoms with E-state index in [0.29, 0.717) is 0 Å². The van der Waals surface area contributed by atoms with Gasteiger partial charge in [-0.25, -0.2) is 4.79 Å². The van der Waals surface area contributed by atoms with Gasteiger partial charge >= 0.3 is 5.97 Å². The third-order valence-corrected chi connectivity index (χ3v) is 7.04. The van der Waals surface area contributed by atoms with Gasteiger partial charge in [0.05, 0.1) is 15.6 Å². The molecule has 1 fully saturated rings. The number of aromatic nitrogens is 1. The minimum Gasteiger partial charge on any atom is -0.488 e. The van der Waals surface area contributed by atoms with Crippen LogP contribution >= 0.6 is 23.2 Å². The van der Waals surface area contributed by atoms with E-state index in [1.807, 2.05) is 30.5 Å². The summed E-state index contributed by atoms with van der Waals surface area (Å²) in [7, 11) is 0. The number of halogens is 2. The fourth-order valence-electron chi connectivity index (χ4n) is 4.46. The summed E-state index contributed by atoms with van der Waals surface area (Å²) < 4.78 is 6.07. The highest BCUT2D eigenvalue weighted by Crippen LogP contribution is 2.25. The minimum atomic E-state index is -1.15. The molecule has 1 aromatic heterocycles. The fourth-order valence-corrected chi connectivity index (χ4v) is 5.03. The predicted octanol–water partition coefficient (Wildman–Crippen LogP) is 5.16. The third-order valence-electron chi connectivity index (χ3n) is 6.41. The van der Waals surface area contributed by atoms with E-state index in [2.05, 4.69) is 39.5 Å². The Hall–Kier alpha value is -3.52. The van der Waals surface area contributed by atoms with Crippen molar-refractivity contribution in [2.24, 2.45) is 0 Å². The van der Waals surface area contributed by atoms with Crippen molar-refractivity contribution in [1.82, 2.24) is 15.2 Å². The van der Waals surface area contributed by atoms with Crippen molar-refractivity contribution in [3.63, 3.8) is 0 Å². The van der Waals surface area contributed by atoms with E-state index in [0.717, 1.165) is 36.5 Å². The Morgan fingerprint density at radius 2 is 1.73 bits per heavy atom. The Balaban J connectivity index is 1.12. The maximum Gasteiger partial charge on any atom is 0.326 e. The average Bonchev–Trinajstić information content (AvgIpc) is 3.31. The first-order valence-electron chi connectivity index (χ1n) is 11.9. The highest BCUT2D eigenvalue weighted by molar-refractivity contribution is 6.39. The van der Waals surface area contributed by atoms with Gasteiger partial charge in [-0.3, -0.25) is 9.69 Å². The molecule has 190 valence electrons. The number of aliphatic carboxylic acids is 1. The van der Waals surface area contributed by atoms with Crippen molar-refractivity contribution in [2.75, 3.05) is 13.1 Å². The molecule has 37 heavy (non-hydrogen) atoms. The first kappa shape index (κ1) is 25.1. The number of benzene rings is 3. The molecule has 1 saturated heterocycles. The number of hydrogen-bond donors (Lipinski definition) is 3. The van der Waals surface area contributed by atoms with Crippen LogP contribution in [0.2, 0.25) is 10.0 Å². The second kappa shape index (κ2) is 10.8. The number of carbonyl (C=O) groups is 2. The van der Waals surface area contributed by atoms with E-state index < -0.39 is 17.9 Å². The summed E-state index contributed by atoms with van der Waals surface area (Å²) in [5.41, 5.74) is 3.21. The Morgan fingerprint density at radius 3 is 2.43 bits per heavy atom. The highest BCUT2D eigenvalue weighted by atomic mass is 35.5. The third kappa shape index (κ3) is 5.91. The van der Waals surface area contributed by atoms with E-state index in [1.54, 1.807) is 6.07 Å². The van der Waals surface area contributed by atoms with E-state index in [1.165, 1.54) is 23.1 Å². The van der Waals surface area contributed by atoms with Gasteiger partial charge in [0, 0.05) is 37.8 Å². The van der Waals surface area contributed by atoms with Crippen LogP contribution in [-0.2, 0) is 17.8 Å². The number of nitrogens with one attached hydrogen (secondary N) is 2. The van der Waals surface area contributed by atoms with E-state index in [9.17, 15) is 14.7 Å². The van der Waals surface area contributed by atoms with Gasteiger partial charge in [-0.15, -0.1) is 0 Å². The Labute approximate surface area is 223 Å².